The number of nitrogens with zero attached hydrogens (tertiary/aromatic N) is 1. The first-order valence-electron chi connectivity index (χ1n) is 11.6. The summed E-state index contributed by atoms with van der Waals surface area (Å²) in [7, 11) is -4.44. The molecule has 1 saturated heterocycles. The van der Waals surface area contributed by atoms with Gasteiger partial charge in [0.25, 0.3) is 0 Å². The molecule has 0 bridgehead atoms. The summed E-state index contributed by atoms with van der Waals surface area (Å²) >= 11 is 0. The Labute approximate surface area is 196 Å². The van der Waals surface area contributed by atoms with Gasteiger partial charge in [-0.2, -0.15) is 0 Å². The number of aliphatic carboxylic acids is 1. The van der Waals surface area contributed by atoms with Gasteiger partial charge in [-0.3, -0.25) is 18.8 Å². The summed E-state index contributed by atoms with van der Waals surface area (Å²) < 4.78 is 18.3. The number of carbonyl (C=O) groups excluding carboxylic acids is 1. The van der Waals surface area contributed by atoms with E-state index in [1.807, 2.05) is 30.3 Å². The largest absolute Gasteiger partial charge is 0.479 e. The van der Waals surface area contributed by atoms with Crippen LogP contribution in [0.15, 0.2) is 30.3 Å². The van der Waals surface area contributed by atoms with Gasteiger partial charge in [0.1, 0.15) is 5.78 Å². The molecular weight excluding hydrogens is 445 g/mol. The molecule has 33 heavy (non-hydrogen) atoms. The molecule has 1 amide bonds. The fourth-order valence-corrected chi connectivity index (χ4v) is 5.83. The van der Waals surface area contributed by atoms with E-state index in [1.165, 1.54) is 0 Å². The maximum atomic E-state index is 13.0. The number of carboxylic acid groups (broad SMARTS) is 1. The maximum absolute atomic E-state index is 13.0. The number of hydrogen-bond acceptors (Lipinski definition) is 6. The molecule has 1 aliphatic heterocycles. The van der Waals surface area contributed by atoms with Crippen molar-refractivity contribution in [3.63, 3.8) is 0 Å². The molecule has 0 aromatic heterocycles. The van der Waals surface area contributed by atoms with Crippen LogP contribution in [0.1, 0.15) is 51.5 Å². The molecule has 0 aliphatic carbocycles. The number of piperidine rings is 1. The predicted octanol–water partition coefficient (Wildman–Crippen LogP) is 2.78. The molecule has 1 aromatic carbocycles. The average Bonchev–Trinajstić information content (AvgIpc) is 2.79. The normalized spacial score (nSPS) is 19.1. The van der Waals surface area contributed by atoms with Crippen LogP contribution in [-0.2, 0) is 25.1 Å². The molecule has 1 aromatic rings. The van der Waals surface area contributed by atoms with Crippen molar-refractivity contribution in [1.82, 2.24) is 10.2 Å². The van der Waals surface area contributed by atoms with Gasteiger partial charge in [0.15, 0.2) is 6.10 Å². The van der Waals surface area contributed by atoms with Gasteiger partial charge < -0.3 is 21.1 Å². The van der Waals surface area contributed by atoms with Gasteiger partial charge in [-0.25, -0.2) is 4.79 Å². The minimum Gasteiger partial charge on any atom is -0.479 e. The molecule has 2 unspecified atom stereocenters. The third kappa shape index (κ3) is 9.18. The molecule has 186 valence electrons. The summed E-state index contributed by atoms with van der Waals surface area (Å²) in [4.78, 5) is 37.0. The highest BCUT2D eigenvalue weighted by atomic mass is 31.2. The quantitative estimate of drug-likeness (QED) is 0.314. The zero-order valence-corrected chi connectivity index (χ0v) is 20.5. The zero-order chi connectivity index (χ0) is 24.4. The van der Waals surface area contributed by atoms with E-state index < -0.39 is 31.4 Å². The van der Waals surface area contributed by atoms with E-state index in [0.717, 1.165) is 31.5 Å². The molecule has 0 saturated carbocycles. The number of carbonyl (C=O) groups is 2. The number of carboxylic acids is 1. The molecule has 0 spiro atoms. The third-order valence-corrected chi connectivity index (χ3v) is 8.12. The average molecular weight is 484 g/mol. The van der Waals surface area contributed by atoms with Crippen LogP contribution in [0, 0.1) is 11.8 Å². The molecule has 0 radical (unpaired) electrons. The van der Waals surface area contributed by atoms with E-state index in [4.69, 9.17) is 10.3 Å². The molecule has 3 atom stereocenters. The number of amides is 1. The highest BCUT2D eigenvalue weighted by molar-refractivity contribution is 7.53. The number of hydrogen-bond donors (Lipinski definition) is 4. The Morgan fingerprint density at radius 1 is 1.24 bits per heavy atom. The first kappa shape index (κ1) is 27.5. The van der Waals surface area contributed by atoms with Crippen LogP contribution in [0.2, 0.25) is 0 Å². The van der Waals surface area contributed by atoms with Gasteiger partial charge in [0.05, 0.1) is 0 Å². The fraction of sp³-hybridized carbons (Fsp3) is 0.652. The number of nitrogens with two attached hydrogens (primary N) is 1. The number of rotatable bonds is 13. The van der Waals surface area contributed by atoms with Crippen LogP contribution < -0.4 is 11.1 Å². The summed E-state index contributed by atoms with van der Waals surface area (Å²) in [5.41, 5.74) is 6.64. The van der Waals surface area contributed by atoms with Gasteiger partial charge in [0, 0.05) is 13.1 Å². The lowest BCUT2D eigenvalue weighted by atomic mass is 9.91. The SMILES string of the molecule is CC(C)[C@H](NC(=O)CCc1ccccc1)P(=O)(O)OC(CCC1CCN(CN)CC1)C(=O)O. The Bertz CT molecular complexity index is 799. The van der Waals surface area contributed by atoms with E-state index >= 15 is 0 Å². The maximum Gasteiger partial charge on any atom is 0.351 e. The molecule has 5 N–H and O–H groups in total. The van der Waals surface area contributed by atoms with Crippen molar-refractivity contribution in [3.8, 4) is 0 Å². The minimum atomic E-state index is -4.44. The third-order valence-electron chi connectivity index (χ3n) is 6.13. The van der Waals surface area contributed by atoms with Crippen LogP contribution in [-0.4, -0.2) is 58.4 Å². The van der Waals surface area contributed by atoms with Crippen molar-refractivity contribution in [1.29, 1.82) is 0 Å². The summed E-state index contributed by atoms with van der Waals surface area (Å²) in [6, 6.07) is 9.47. The summed E-state index contributed by atoms with van der Waals surface area (Å²) in [5.74, 6) is -2.93. The summed E-state index contributed by atoms with van der Waals surface area (Å²) in [6.07, 6.45) is 1.78. The molecule has 1 fully saturated rings. The van der Waals surface area contributed by atoms with Crippen molar-refractivity contribution in [2.24, 2.45) is 17.6 Å². The minimum absolute atomic E-state index is 0.139. The monoisotopic (exact) mass is 483 g/mol. The summed E-state index contributed by atoms with van der Waals surface area (Å²) in [5, 5.41) is 12.2. The smallest absolute Gasteiger partial charge is 0.351 e. The van der Waals surface area contributed by atoms with Crippen molar-refractivity contribution in [2.75, 3.05) is 19.8 Å². The Morgan fingerprint density at radius 2 is 1.88 bits per heavy atom. The topological polar surface area (TPSA) is 142 Å². The fourth-order valence-electron chi connectivity index (χ4n) is 4.08. The molecular formula is C23H38N3O6P. The molecule has 9 nitrogen and oxygen atoms in total. The number of nitrogens with one attached hydrogen (secondary N) is 1. The van der Waals surface area contributed by atoms with E-state index in [0.29, 0.717) is 25.4 Å². The van der Waals surface area contributed by atoms with E-state index in [1.54, 1.807) is 13.8 Å². The number of benzene rings is 1. The first-order chi connectivity index (χ1) is 15.6. The van der Waals surface area contributed by atoms with Crippen LogP contribution in [0.4, 0.5) is 0 Å². The second-order valence-electron chi connectivity index (χ2n) is 9.06. The molecule has 1 aliphatic rings. The first-order valence-corrected chi connectivity index (χ1v) is 13.3. The summed E-state index contributed by atoms with van der Waals surface area (Å²) in [6.45, 7) is 5.62. The van der Waals surface area contributed by atoms with Crippen LogP contribution in [0.5, 0.6) is 0 Å². The Morgan fingerprint density at radius 3 is 2.42 bits per heavy atom. The lowest BCUT2D eigenvalue weighted by Crippen LogP contribution is -2.40. The van der Waals surface area contributed by atoms with Gasteiger partial charge in [-0.1, -0.05) is 44.2 Å². The molecule has 1 heterocycles. The second-order valence-corrected chi connectivity index (χ2v) is 11.0. The van der Waals surface area contributed by atoms with E-state index in [2.05, 4.69) is 10.2 Å². The second kappa shape index (κ2) is 13.2. The van der Waals surface area contributed by atoms with Crippen molar-refractivity contribution in [3.05, 3.63) is 35.9 Å². The van der Waals surface area contributed by atoms with Crippen LogP contribution in [0.25, 0.3) is 0 Å². The Balaban J connectivity index is 1.93. The van der Waals surface area contributed by atoms with Gasteiger partial charge >= 0.3 is 13.6 Å². The van der Waals surface area contributed by atoms with Crippen molar-refractivity contribution < 1.29 is 28.7 Å². The highest BCUT2D eigenvalue weighted by Crippen LogP contribution is 2.51. The number of aryl methyl sites for hydroxylation is 1. The Hall–Kier alpha value is -1.77. The predicted molar refractivity (Wildman–Crippen MR) is 126 cm³/mol. The van der Waals surface area contributed by atoms with Crippen molar-refractivity contribution in [2.45, 2.75) is 64.3 Å². The standard InChI is InChI=1S/C23H38N3O6P/c1-17(2)22(25-21(27)11-9-18-6-4-3-5-7-18)33(30,31)32-20(23(28)29)10-8-19-12-14-26(16-24)15-13-19/h3-7,17,19-20,22H,8-16,24H2,1-2H3,(H,25,27)(H,28,29)(H,30,31)/t20?,22-/m1/s1. The lowest BCUT2D eigenvalue weighted by molar-refractivity contribution is -0.146. The Kier molecular flexibility index (Phi) is 11.0. The molecule has 2 rings (SSSR count). The van der Waals surface area contributed by atoms with Crippen LogP contribution in [0.3, 0.4) is 0 Å². The van der Waals surface area contributed by atoms with Gasteiger partial charge in [0.2, 0.25) is 5.91 Å². The zero-order valence-electron chi connectivity index (χ0n) is 19.6. The van der Waals surface area contributed by atoms with Crippen molar-refractivity contribution >= 4 is 19.5 Å². The van der Waals surface area contributed by atoms with Gasteiger partial charge in [-0.05, 0) is 62.6 Å². The van der Waals surface area contributed by atoms with E-state index in [9.17, 15) is 24.2 Å². The number of likely N-dealkylation sites (tertiary alicyclic amines) is 1. The molecule has 10 heteroatoms. The highest BCUT2D eigenvalue weighted by Gasteiger charge is 2.40. The van der Waals surface area contributed by atoms with E-state index in [-0.39, 0.29) is 18.7 Å². The van der Waals surface area contributed by atoms with Gasteiger partial charge in [-0.15, -0.1) is 0 Å². The lowest BCUT2D eigenvalue weighted by Gasteiger charge is -2.32. The van der Waals surface area contributed by atoms with Crippen LogP contribution >= 0.6 is 7.60 Å².